The normalized spacial score (nSPS) is 11.0. The Morgan fingerprint density at radius 3 is 2.55 bits per heavy atom. The first-order valence-corrected chi connectivity index (χ1v) is 9.09. The van der Waals surface area contributed by atoms with E-state index in [2.05, 4.69) is 15.4 Å². The standard InChI is InChI=1S/C19H22N6O4/c1-4-5-24-16-10(2)6-12(17(20)28)8-13(16)21-19(24)22-18(29)14-7-11(3)23-25(14)9-15(26)27/h6-8H,4-5,9H2,1-3H3,(H2,20,28)(H,26,27)(H,21,22,29). The van der Waals surface area contributed by atoms with Crippen LogP contribution >= 0.6 is 0 Å². The fourth-order valence-electron chi connectivity index (χ4n) is 3.30. The van der Waals surface area contributed by atoms with E-state index in [0.717, 1.165) is 22.2 Å². The highest BCUT2D eigenvalue weighted by Crippen LogP contribution is 2.25. The highest BCUT2D eigenvalue weighted by atomic mass is 16.4. The summed E-state index contributed by atoms with van der Waals surface area (Å²) in [6.07, 6.45) is 0.793. The molecule has 0 unspecified atom stereocenters. The number of aromatic nitrogens is 4. The van der Waals surface area contributed by atoms with Gasteiger partial charge in [0, 0.05) is 12.1 Å². The minimum atomic E-state index is -1.10. The lowest BCUT2D eigenvalue weighted by molar-refractivity contribution is -0.137. The monoisotopic (exact) mass is 398 g/mol. The van der Waals surface area contributed by atoms with Crippen molar-refractivity contribution in [3.63, 3.8) is 0 Å². The number of carbonyl (C=O) groups is 3. The molecule has 29 heavy (non-hydrogen) atoms. The van der Waals surface area contributed by atoms with Crippen LogP contribution in [0.4, 0.5) is 5.95 Å². The number of anilines is 1. The highest BCUT2D eigenvalue weighted by molar-refractivity contribution is 6.04. The minimum absolute atomic E-state index is 0.120. The van der Waals surface area contributed by atoms with Crippen LogP contribution < -0.4 is 11.1 Å². The van der Waals surface area contributed by atoms with Crippen molar-refractivity contribution in [3.8, 4) is 0 Å². The maximum Gasteiger partial charge on any atom is 0.325 e. The summed E-state index contributed by atoms with van der Waals surface area (Å²) in [5.74, 6) is -1.88. The van der Waals surface area contributed by atoms with E-state index in [-0.39, 0.29) is 5.69 Å². The Balaban J connectivity index is 2.04. The van der Waals surface area contributed by atoms with Crippen molar-refractivity contribution in [1.29, 1.82) is 0 Å². The van der Waals surface area contributed by atoms with Gasteiger partial charge < -0.3 is 15.4 Å². The Labute approximate surface area is 166 Å². The summed E-state index contributed by atoms with van der Waals surface area (Å²) in [7, 11) is 0. The Kier molecular flexibility index (Phi) is 5.35. The molecule has 0 aliphatic carbocycles. The number of aryl methyl sites for hydroxylation is 3. The molecule has 1 aromatic carbocycles. The molecule has 0 radical (unpaired) electrons. The number of fused-ring (bicyclic) bond motifs is 1. The Morgan fingerprint density at radius 2 is 1.93 bits per heavy atom. The third kappa shape index (κ3) is 3.96. The van der Waals surface area contributed by atoms with Gasteiger partial charge in [-0.05, 0) is 44.0 Å². The number of carbonyl (C=O) groups excluding carboxylic acids is 2. The third-order valence-corrected chi connectivity index (χ3v) is 4.41. The number of carboxylic acid groups (broad SMARTS) is 1. The number of hydrogen-bond acceptors (Lipinski definition) is 5. The molecule has 10 nitrogen and oxygen atoms in total. The van der Waals surface area contributed by atoms with Crippen LogP contribution in [0.15, 0.2) is 18.2 Å². The van der Waals surface area contributed by atoms with Gasteiger partial charge in [-0.2, -0.15) is 5.10 Å². The molecule has 152 valence electrons. The zero-order valence-corrected chi connectivity index (χ0v) is 16.4. The van der Waals surface area contributed by atoms with Gasteiger partial charge in [0.1, 0.15) is 12.2 Å². The van der Waals surface area contributed by atoms with Gasteiger partial charge in [0.05, 0.1) is 16.7 Å². The molecule has 0 bridgehead atoms. The van der Waals surface area contributed by atoms with E-state index >= 15 is 0 Å². The Hall–Kier alpha value is -3.69. The number of imidazole rings is 1. The lowest BCUT2D eigenvalue weighted by atomic mass is 10.1. The van der Waals surface area contributed by atoms with E-state index in [0.29, 0.717) is 29.3 Å². The van der Waals surface area contributed by atoms with Crippen LogP contribution in [0.25, 0.3) is 11.0 Å². The first kappa shape index (κ1) is 20.1. The van der Waals surface area contributed by atoms with Gasteiger partial charge in [0.15, 0.2) is 0 Å². The van der Waals surface area contributed by atoms with E-state index < -0.39 is 24.3 Å². The van der Waals surface area contributed by atoms with Crippen molar-refractivity contribution in [2.24, 2.45) is 5.73 Å². The fraction of sp³-hybridized carbons (Fsp3) is 0.316. The zero-order chi connectivity index (χ0) is 21.3. The maximum absolute atomic E-state index is 12.8. The van der Waals surface area contributed by atoms with Crippen molar-refractivity contribution in [2.75, 3.05) is 5.32 Å². The van der Waals surface area contributed by atoms with E-state index in [1.807, 2.05) is 18.4 Å². The molecule has 0 spiro atoms. The van der Waals surface area contributed by atoms with Crippen LogP contribution in [0.1, 0.15) is 45.4 Å². The summed E-state index contributed by atoms with van der Waals surface area (Å²) < 4.78 is 2.99. The average molecular weight is 398 g/mol. The maximum atomic E-state index is 12.8. The van der Waals surface area contributed by atoms with E-state index in [1.54, 1.807) is 19.1 Å². The molecule has 0 fully saturated rings. The average Bonchev–Trinajstić information content (AvgIpc) is 3.15. The Morgan fingerprint density at radius 1 is 1.21 bits per heavy atom. The van der Waals surface area contributed by atoms with Gasteiger partial charge in [-0.3, -0.25) is 19.7 Å². The number of benzene rings is 1. The lowest BCUT2D eigenvalue weighted by Crippen LogP contribution is -2.22. The molecule has 0 saturated heterocycles. The molecule has 2 amide bonds. The van der Waals surface area contributed by atoms with Crippen LogP contribution in [0.3, 0.4) is 0 Å². The van der Waals surface area contributed by atoms with Gasteiger partial charge in [0.2, 0.25) is 11.9 Å². The summed E-state index contributed by atoms with van der Waals surface area (Å²) in [6.45, 7) is 5.69. The zero-order valence-electron chi connectivity index (χ0n) is 16.4. The van der Waals surface area contributed by atoms with Crippen molar-refractivity contribution < 1.29 is 19.5 Å². The predicted molar refractivity (Wildman–Crippen MR) is 106 cm³/mol. The van der Waals surface area contributed by atoms with Gasteiger partial charge >= 0.3 is 5.97 Å². The van der Waals surface area contributed by atoms with E-state index in [1.165, 1.54) is 6.07 Å². The minimum Gasteiger partial charge on any atom is -0.480 e. The summed E-state index contributed by atoms with van der Waals surface area (Å²) in [4.78, 5) is 39.9. The number of amides is 2. The second kappa shape index (κ2) is 7.74. The van der Waals surface area contributed by atoms with Crippen LogP contribution in [0, 0.1) is 13.8 Å². The first-order valence-electron chi connectivity index (χ1n) is 9.09. The number of nitrogens with zero attached hydrogens (tertiary/aromatic N) is 4. The largest absolute Gasteiger partial charge is 0.480 e. The van der Waals surface area contributed by atoms with Crippen LogP contribution in [-0.4, -0.2) is 42.2 Å². The van der Waals surface area contributed by atoms with Gasteiger partial charge in [-0.25, -0.2) is 9.67 Å². The lowest BCUT2D eigenvalue weighted by Gasteiger charge is -2.11. The molecule has 3 rings (SSSR count). The smallest absolute Gasteiger partial charge is 0.325 e. The number of primary amides is 1. The summed E-state index contributed by atoms with van der Waals surface area (Å²) >= 11 is 0. The predicted octanol–water partition coefficient (Wildman–Crippen LogP) is 1.70. The number of carboxylic acids is 1. The van der Waals surface area contributed by atoms with Crippen LogP contribution in [0.2, 0.25) is 0 Å². The van der Waals surface area contributed by atoms with Gasteiger partial charge in [0.25, 0.3) is 5.91 Å². The van der Waals surface area contributed by atoms with E-state index in [4.69, 9.17) is 10.8 Å². The fourth-order valence-corrected chi connectivity index (χ4v) is 3.30. The summed E-state index contributed by atoms with van der Waals surface area (Å²) in [5.41, 5.74) is 8.52. The molecule has 3 aromatic rings. The number of nitrogens with one attached hydrogen (secondary N) is 1. The highest BCUT2D eigenvalue weighted by Gasteiger charge is 2.20. The molecule has 0 aliphatic rings. The molecule has 0 saturated carbocycles. The second-order valence-electron chi connectivity index (χ2n) is 6.79. The summed E-state index contributed by atoms with van der Waals surface area (Å²) in [5, 5.41) is 15.8. The number of rotatable bonds is 7. The SMILES string of the molecule is CCCn1c(NC(=O)c2cc(C)nn2CC(=O)O)nc2cc(C(N)=O)cc(C)c21. The number of hydrogen-bond donors (Lipinski definition) is 3. The molecule has 0 atom stereocenters. The van der Waals surface area contributed by atoms with Crippen molar-refractivity contribution in [2.45, 2.75) is 40.3 Å². The quantitative estimate of drug-likeness (QED) is 0.552. The van der Waals surface area contributed by atoms with Crippen molar-refractivity contribution in [1.82, 2.24) is 19.3 Å². The number of nitrogens with two attached hydrogens (primary N) is 1. The van der Waals surface area contributed by atoms with Crippen molar-refractivity contribution in [3.05, 3.63) is 40.7 Å². The van der Waals surface area contributed by atoms with E-state index in [9.17, 15) is 14.4 Å². The van der Waals surface area contributed by atoms with Gasteiger partial charge in [-0.15, -0.1) is 0 Å². The van der Waals surface area contributed by atoms with Crippen LogP contribution in [0.5, 0.6) is 0 Å². The molecule has 2 aromatic heterocycles. The first-order chi connectivity index (χ1) is 13.7. The summed E-state index contributed by atoms with van der Waals surface area (Å²) in [6, 6.07) is 4.79. The molecule has 0 aliphatic heterocycles. The third-order valence-electron chi connectivity index (χ3n) is 4.41. The van der Waals surface area contributed by atoms with Crippen molar-refractivity contribution >= 4 is 34.8 Å². The second-order valence-corrected chi connectivity index (χ2v) is 6.79. The number of aliphatic carboxylic acids is 1. The molecular weight excluding hydrogens is 376 g/mol. The van der Waals surface area contributed by atoms with Gasteiger partial charge in [-0.1, -0.05) is 6.92 Å². The molecular formula is C19H22N6O4. The van der Waals surface area contributed by atoms with Crippen LogP contribution in [-0.2, 0) is 17.9 Å². The molecule has 2 heterocycles. The Bertz CT molecular complexity index is 1130. The topological polar surface area (TPSA) is 145 Å². The molecule has 4 N–H and O–H groups in total. The molecule has 10 heteroatoms.